The van der Waals surface area contributed by atoms with E-state index in [0.29, 0.717) is 43.4 Å². The van der Waals surface area contributed by atoms with Gasteiger partial charge in [0.1, 0.15) is 10.7 Å². The van der Waals surface area contributed by atoms with Crippen LogP contribution in [0.15, 0.2) is 28.4 Å². The highest BCUT2D eigenvalue weighted by Crippen LogP contribution is 2.33. The molecule has 0 saturated heterocycles. The Morgan fingerprint density at radius 2 is 1.91 bits per heavy atom. The van der Waals surface area contributed by atoms with Gasteiger partial charge in [0.2, 0.25) is 0 Å². The average Bonchev–Trinajstić information content (AvgIpc) is 3.13. The van der Waals surface area contributed by atoms with Crippen molar-refractivity contribution in [2.75, 3.05) is 19.8 Å². The Labute approximate surface area is 194 Å². The summed E-state index contributed by atoms with van der Waals surface area (Å²) in [4.78, 5) is 23.6. The van der Waals surface area contributed by atoms with Crippen LogP contribution in [-0.4, -0.2) is 51.9 Å². The number of benzene rings is 1. The summed E-state index contributed by atoms with van der Waals surface area (Å²) in [7, 11) is 0. The summed E-state index contributed by atoms with van der Waals surface area (Å²) in [6, 6.07) is 6.47. The zero-order chi connectivity index (χ0) is 23.4. The molecule has 2 heterocycles. The number of aromatic amines is 1. The lowest BCUT2D eigenvalue weighted by Gasteiger charge is -2.28. The van der Waals surface area contributed by atoms with Gasteiger partial charge in [-0.15, -0.1) is 11.3 Å². The Morgan fingerprint density at radius 3 is 2.59 bits per heavy atom. The number of aryl methyl sites for hydroxylation is 2. The van der Waals surface area contributed by atoms with Gasteiger partial charge in [0.05, 0.1) is 24.6 Å². The van der Waals surface area contributed by atoms with Crippen molar-refractivity contribution in [2.24, 2.45) is 5.92 Å². The first-order valence-electron chi connectivity index (χ1n) is 11.2. The molecule has 1 aromatic carbocycles. The first-order valence-corrected chi connectivity index (χ1v) is 12.1. The van der Waals surface area contributed by atoms with Crippen molar-refractivity contribution in [2.45, 2.75) is 60.2 Å². The lowest BCUT2D eigenvalue weighted by Crippen LogP contribution is -2.39. The van der Waals surface area contributed by atoms with Crippen molar-refractivity contribution in [3.05, 3.63) is 50.9 Å². The van der Waals surface area contributed by atoms with E-state index in [9.17, 15) is 9.90 Å². The van der Waals surface area contributed by atoms with Gasteiger partial charge in [-0.3, -0.25) is 9.69 Å². The van der Waals surface area contributed by atoms with Gasteiger partial charge in [-0.2, -0.15) is 0 Å². The summed E-state index contributed by atoms with van der Waals surface area (Å²) in [5.74, 6) is 1.05. The van der Waals surface area contributed by atoms with Gasteiger partial charge < -0.3 is 14.8 Å². The fourth-order valence-electron chi connectivity index (χ4n) is 3.71. The second-order valence-corrected chi connectivity index (χ2v) is 10.1. The number of H-pyrrole nitrogens is 1. The number of ether oxygens (including phenoxy) is 1. The predicted molar refractivity (Wildman–Crippen MR) is 132 cm³/mol. The van der Waals surface area contributed by atoms with Crippen LogP contribution in [0.3, 0.4) is 0 Å². The maximum absolute atomic E-state index is 13.1. The fraction of sp³-hybridized carbons (Fsp3) is 0.520. The molecule has 174 valence electrons. The molecule has 0 saturated carbocycles. The van der Waals surface area contributed by atoms with Crippen LogP contribution >= 0.6 is 11.3 Å². The maximum Gasteiger partial charge on any atom is 0.260 e. The molecule has 0 aliphatic carbocycles. The van der Waals surface area contributed by atoms with E-state index in [1.165, 1.54) is 11.3 Å². The first kappa shape index (κ1) is 24.6. The largest absolute Gasteiger partial charge is 0.389 e. The molecule has 2 aromatic heterocycles. The SMILES string of the molecule is Cc1ccc(C)c(-c2csc3nc(CN(C[C@H](O)COCC(C)C)C(C)C)[nH]c(=O)c23)c1. The third-order valence-corrected chi connectivity index (χ3v) is 6.34. The van der Waals surface area contributed by atoms with E-state index in [2.05, 4.69) is 69.6 Å². The van der Waals surface area contributed by atoms with Crippen LogP contribution in [-0.2, 0) is 11.3 Å². The Balaban J connectivity index is 1.82. The number of aliphatic hydroxyl groups is 1. The number of nitrogens with zero attached hydrogens (tertiary/aromatic N) is 2. The molecule has 3 aromatic rings. The predicted octanol–water partition coefficient (Wildman–Crippen LogP) is 4.51. The molecule has 0 fully saturated rings. The van der Waals surface area contributed by atoms with E-state index in [0.717, 1.165) is 27.1 Å². The molecule has 1 atom stereocenters. The van der Waals surface area contributed by atoms with Crippen LogP contribution in [0.25, 0.3) is 21.3 Å². The third-order valence-electron chi connectivity index (χ3n) is 5.47. The minimum absolute atomic E-state index is 0.119. The number of rotatable bonds is 10. The van der Waals surface area contributed by atoms with Gasteiger partial charge in [0, 0.05) is 30.1 Å². The highest BCUT2D eigenvalue weighted by atomic mass is 32.1. The number of thiophene rings is 1. The number of hydrogen-bond donors (Lipinski definition) is 2. The molecule has 7 heteroatoms. The van der Waals surface area contributed by atoms with Gasteiger partial charge in [-0.05, 0) is 44.7 Å². The van der Waals surface area contributed by atoms with Gasteiger partial charge in [-0.1, -0.05) is 37.6 Å². The van der Waals surface area contributed by atoms with Gasteiger partial charge in [0.25, 0.3) is 5.56 Å². The van der Waals surface area contributed by atoms with Crippen LogP contribution in [0, 0.1) is 19.8 Å². The summed E-state index contributed by atoms with van der Waals surface area (Å²) in [6.07, 6.45) is -0.593. The molecule has 0 spiro atoms. The standard InChI is InChI=1S/C25H35N3O3S/c1-15(2)12-31-13-19(29)10-28(16(3)4)11-22-26-24(30)23-21(14-32-25(23)27-22)20-9-17(5)7-8-18(20)6/h7-9,14-16,19,29H,10-13H2,1-6H3,(H,26,27,30)/t19-/m0/s1. The highest BCUT2D eigenvalue weighted by molar-refractivity contribution is 7.17. The average molecular weight is 458 g/mol. The molecule has 3 rings (SSSR count). The zero-order valence-electron chi connectivity index (χ0n) is 19.9. The lowest BCUT2D eigenvalue weighted by molar-refractivity contribution is 0.00129. The number of nitrogens with one attached hydrogen (secondary N) is 1. The smallest absolute Gasteiger partial charge is 0.260 e. The normalized spacial score (nSPS) is 13.1. The van der Waals surface area contributed by atoms with E-state index in [1.807, 2.05) is 5.38 Å². The minimum atomic E-state index is -0.593. The van der Waals surface area contributed by atoms with E-state index in [4.69, 9.17) is 9.72 Å². The molecule has 6 nitrogen and oxygen atoms in total. The topological polar surface area (TPSA) is 78.5 Å². The van der Waals surface area contributed by atoms with E-state index in [-0.39, 0.29) is 11.6 Å². The first-order chi connectivity index (χ1) is 15.2. The molecule has 0 radical (unpaired) electrons. The molecule has 2 N–H and O–H groups in total. The second kappa shape index (κ2) is 10.7. The lowest BCUT2D eigenvalue weighted by atomic mass is 9.99. The monoisotopic (exact) mass is 457 g/mol. The number of aliphatic hydroxyl groups excluding tert-OH is 1. The quantitative estimate of drug-likeness (QED) is 0.468. The maximum atomic E-state index is 13.1. The van der Waals surface area contributed by atoms with Crippen LogP contribution in [0.5, 0.6) is 0 Å². The summed E-state index contributed by atoms with van der Waals surface area (Å²) in [5, 5.41) is 13.1. The number of aromatic nitrogens is 2. The van der Waals surface area contributed by atoms with Crippen molar-refractivity contribution in [3.63, 3.8) is 0 Å². The molecule has 0 unspecified atom stereocenters. The van der Waals surface area contributed by atoms with Crippen molar-refractivity contribution in [3.8, 4) is 11.1 Å². The molecule has 0 aliphatic heterocycles. The molecular weight excluding hydrogens is 422 g/mol. The van der Waals surface area contributed by atoms with E-state index >= 15 is 0 Å². The van der Waals surface area contributed by atoms with Gasteiger partial charge in [-0.25, -0.2) is 4.98 Å². The Morgan fingerprint density at radius 1 is 1.16 bits per heavy atom. The molecule has 32 heavy (non-hydrogen) atoms. The van der Waals surface area contributed by atoms with Crippen LogP contribution in [0.4, 0.5) is 0 Å². The molecule has 0 aliphatic rings. The van der Waals surface area contributed by atoms with Crippen LogP contribution in [0.1, 0.15) is 44.6 Å². The molecule has 0 amide bonds. The van der Waals surface area contributed by atoms with Gasteiger partial charge >= 0.3 is 0 Å². The van der Waals surface area contributed by atoms with Crippen molar-refractivity contribution < 1.29 is 9.84 Å². The third kappa shape index (κ3) is 6.04. The summed E-state index contributed by atoms with van der Waals surface area (Å²) >= 11 is 1.50. The van der Waals surface area contributed by atoms with Crippen molar-refractivity contribution >= 4 is 21.6 Å². The zero-order valence-corrected chi connectivity index (χ0v) is 20.8. The van der Waals surface area contributed by atoms with Crippen LogP contribution in [0.2, 0.25) is 0 Å². The minimum Gasteiger partial charge on any atom is -0.389 e. The Bertz CT molecular complexity index is 1100. The van der Waals surface area contributed by atoms with Crippen LogP contribution < -0.4 is 5.56 Å². The highest BCUT2D eigenvalue weighted by Gasteiger charge is 2.19. The van der Waals surface area contributed by atoms with Crippen molar-refractivity contribution in [1.29, 1.82) is 0 Å². The van der Waals surface area contributed by atoms with E-state index < -0.39 is 6.10 Å². The number of fused-ring (bicyclic) bond motifs is 1. The summed E-state index contributed by atoms with van der Waals surface area (Å²) < 4.78 is 5.58. The second-order valence-electron chi connectivity index (χ2n) is 9.27. The molecular formula is C25H35N3O3S. The fourth-order valence-corrected chi connectivity index (χ4v) is 4.66. The number of hydrogen-bond acceptors (Lipinski definition) is 6. The van der Waals surface area contributed by atoms with Gasteiger partial charge in [0.15, 0.2) is 0 Å². The summed E-state index contributed by atoms with van der Waals surface area (Å²) in [5.41, 5.74) is 4.19. The summed E-state index contributed by atoms with van der Waals surface area (Å²) in [6.45, 7) is 14.3. The van der Waals surface area contributed by atoms with E-state index in [1.54, 1.807) is 0 Å². The Hall–Kier alpha value is -2.06. The Kier molecular flexibility index (Phi) is 8.22. The van der Waals surface area contributed by atoms with Crippen molar-refractivity contribution in [1.82, 2.24) is 14.9 Å². The molecule has 0 bridgehead atoms.